The van der Waals surface area contributed by atoms with Gasteiger partial charge in [-0.2, -0.15) is 0 Å². The minimum absolute atomic E-state index is 0.0405. The lowest BCUT2D eigenvalue weighted by atomic mass is 9.87. The van der Waals surface area contributed by atoms with E-state index in [1.54, 1.807) is 17.0 Å². The van der Waals surface area contributed by atoms with Crippen molar-refractivity contribution in [3.05, 3.63) is 35.6 Å². The number of likely N-dealkylation sites (tertiary alicyclic amines) is 2. The van der Waals surface area contributed by atoms with Crippen LogP contribution in [0.3, 0.4) is 0 Å². The van der Waals surface area contributed by atoms with E-state index in [0.29, 0.717) is 25.1 Å². The van der Waals surface area contributed by atoms with Gasteiger partial charge in [-0.15, -0.1) is 0 Å². The molecule has 0 saturated carbocycles. The highest BCUT2D eigenvalue weighted by Gasteiger charge is 2.42. The monoisotopic (exact) mass is 306 g/mol. The Morgan fingerprint density at radius 2 is 2.05 bits per heavy atom. The van der Waals surface area contributed by atoms with Crippen LogP contribution in [0.1, 0.15) is 36.5 Å². The van der Waals surface area contributed by atoms with Crippen LogP contribution in [0.4, 0.5) is 4.39 Å². The zero-order valence-electron chi connectivity index (χ0n) is 13.0. The first kappa shape index (κ1) is 15.4. The first-order chi connectivity index (χ1) is 10.5. The van der Waals surface area contributed by atoms with E-state index in [2.05, 4.69) is 4.90 Å². The van der Waals surface area contributed by atoms with Crippen LogP contribution in [-0.4, -0.2) is 58.6 Å². The maximum absolute atomic E-state index is 13.3. The Bertz CT molecular complexity index is 555. The van der Waals surface area contributed by atoms with E-state index < -0.39 is 11.4 Å². The van der Waals surface area contributed by atoms with Gasteiger partial charge in [0.1, 0.15) is 5.82 Å². The van der Waals surface area contributed by atoms with Crippen molar-refractivity contribution in [2.45, 2.75) is 37.8 Å². The zero-order chi connectivity index (χ0) is 15.7. The smallest absolute Gasteiger partial charge is 0.254 e. The molecule has 2 fully saturated rings. The van der Waals surface area contributed by atoms with Gasteiger partial charge in [0.25, 0.3) is 5.91 Å². The molecular formula is C17H23FN2O2. The van der Waals surface area contributed by atoms with Gasteiger partial charge in [0, 0.05) is 18.7 Å². The van der Waals surface area contributed by atoms with E-state index in [0.717, 1.165) is 25.9 Å². The molecule has 22 heavy (non-hydrogen) atoms. The van der Waals surface area contributed by atoms with Gasteiger partial charge in [-0.05, 0) is 57.5 Å². The number of amides is 1. The lowest BCUT2D eigenvalue weighted by molar-refractivity contribution is -0.0693. The summed E-state index contributed by atoms with van der Waals surface area (Å²) in [6.45, 7) is 4.82. The van der Waals surface area contributed by atoms with Crippen molar-refractivity contribution in [1.29, 1.82) is 0 Å². The number of carbonyl (C=O) groups excluding carboxylic acids is 1. The van der Waals surface area contributed by atoms with Crippen LogP contribution >= 0.6 is 0 Å². The van der Waals surface area contributed by atoms with Gasteiger partial charge < -0.3 is 10.0 Å². The molecule has 1 N–H and O–H groups in total. The molecule has 0 radical (unpaired) electrons. The summed E-state index contributed by atoms with van der Waals surface area (Å²) >= 11 is 0. The van der Waals surface area contributed by atoms with Crippen LogP contribution in [0.5, 0.6) is 0 Å². The van der Waals surface area contributed by atoms with Crippen LogP contribution in [0.2, 0.25) is 0 Å². The van der Waals surface area contributed by atoms with Crippen molar-refractivity contribution < 1.29 is 14.3 Å². The van der Waals surface area contributed by atoms with Crippen LogP contribution in [-0.2, 0) is 0 Å². The second-order valence-electron chi connectivity index (χ2n) is 6.63. The topological polar surface area (TPSA) is 43.8 Å². The van der Waals surface area contributed by atoms with E-state index >= 15 is 0 Å². The molecule has 120 valence electrons. The van der Waals surface area contributed by atoms with Crippen LogP contribution in [0, 0.1) is 5.82 Å². The van der Waals surface area contributed by atoms with E-state index in [9.17, 15) is 14.3 Å². The minimum atomic E-state index is -0.775. The molecule has 2 saturated heterocycles. The first-order valence-corrected chi connectivity index (χ1v) is 7.99. The van der Waals surface area contributed by atoms with E-state index in [1.807, 2.05) is 6.92 Å². The van der Waals surface area contributed by atoms with Crippen molar-refractivity contribution in [2.75, 3.05) is 26.2 Å². The van der Waals surface area contributed by atoms with E-state index in [1.165, 1.54) is 12.1 Å². The number of halogens is 1. The number of benzene rings is 1. The van der Waals surface area contributed by atoms with Crippen molar-refractivity contribution in [1.82, 2.24) is 9.80 Å². The summed E-state index contributed by atoms with van der Waals surface area (Å²) in [7, 11) is 0. The highest BCUT2D eigenvalue weighted by Crippen LogP contribution is 2.29. The van der Waals surface area contributed by atoms with Gasteiger partial charge in [-0.25, -0.2) is 4.39 Å². The maximum Gasteiger partial charge on any atom is 0.254 e. The summed E-state index contributed by atoms with van der Waals surface area (Å²) < 4.78 is 13.3. The summed E-state index contributed by atoms with van der Waals surface area (Å²) in [6.07, 6.45) is 2.84. The van der Waals surface area contributed by atoms with E-state index in [4.69, 9.17) is 0 Å². The zero-order valence-corrected chi connectivity index (χ0v) is 13.0. The third-order valence-corrected chi connectivity index (χ3v) is 4.94. The number of carbonyl (C=O) groups is 1. The van der Waals surface area contributed by atoms with Gasteiger partial charge in [0.05, 0.1) is 11.6 Å². The van der Waals surface area contributed by atoms with Gasteiger partial charge in [-0.3, -0.25) is 9.69 Å². The molecule has 5 heteroatoms. The fraction of sp³-hybridized carbons (Fsp3) is 0.588. The Kier molecular flexibility index (Phi) is 4.19. The number of hydrogen-bond acceptors (Lipinski definition) is 3. The molecule has 2 heterocycles. The Balaban J connectivity index is 1.76. The van der Waals surface area contributed by atoms with Gasteiger partial charge in [0.2, 0.25) is 0 Å². The summed E-state index contributed by atoms with van der Waals surface area (Å²) in [4.78, 5) is 16.6. The third kappa shape index (κ3) is 3.01. The number of aliphatic hydroxyl groups is 1. The molecule has 2 unspecified atom stereocenters. The van der Waals surface area contributed by atoms with Crippen LogP contribution < -0.4 is 0 Å². The SMILES string of the molecule is CC1(O)CCN(C(=O)c2cccc(F)c2)CC1N1CCCC1. The molecule has 2 aliphatic rings. The predicted molar refractivity (Wildman–Crippen MR) is 82.1 cm³/mol. The molecule has 1 amide bonds. The Labute approximate surface area is 130 Å². The summed E-state index contributed by atoms with van der Waals surface area (Å²) in [6, 6.07) is 5.77. The molecular weight excluding hydrogens is 283 g/mol. The predicted octanol–water partition coefficient (Wildman–Crippen LogP) is 1.89. The highest BCUT2D eigenvalue weighted by molar-refractivity contribution is 5.94. The number of rotatable bonds is 2. The van der Waals surface area contributed by atoms with Crippen molar-refractivity contribution >= 4 is 5.91 Å². The molecule has 0 aromatic heterocycles. The van der Waals surface area contributed by atoms with Crippen LogP contribution in [0.15, 0.2) is 24.3 Å². The Morgan fingerprint density at radius 1 is 1.32 bits per heavy atom. The lowest BCUT2D eigenvalue weighted by Gasteiger charge is -2.46. The highest BCUT2D eigenvalue weighted by atomic mass is 19.1. The molecule has 0 bridgehead atoms. The molecule has 3 rings (SSSR count). The van der Waals surface area contributed by atoms with Crippen molar-refractivity contribution in [3.63, 3.8) is 0 Å². The molecule has 0 aliphatic carbocycles. The summed E-state index contributed by atoms with van der Waals surface area (Å²) in [5.74, 6) is -0.551. The average Bonchev–Trinajstić information content (AvgIpc) is 3.00. The van der Waals surface area contributed by atoms with Gasteiger partial charge >= 0.3 is 0 Å². The fourth-order valence-electron chi connectivity index (χ4n) is 3.58. The largest absolute Gasteiger partial charge is 0.388 e. The summed E-state index contributed by atoms with van der Waals surface area (Å²) in [5, 5.41) is 10.7. The molecule has 2 aliphatic heterocycles. The number of piperidine rings is 1. The third-order valence-electron chi connectivity index (χ3n) is 4.94. The summed E-state index contributed by atoms with van der Waals surface area (Å²) in [5.41, 5.74) is -0.398. The Hall–Kier alpha value is -1.46. The van der Waals surface area contributed by atoms with Gasteiger partial charge in [-0.1, -0.05) is 6.07 Å². The fourth-order valence-corrected chi connectivity index (χ4v) is 3.58. The van der Waals surface area contributed by atoms with Crippen molar-refractivity contribution in [2.24, 2.45) is 0 Å². The molecule has 2 atom stereocenters. The molecule has 1 aromatic carbocycles. The van der Waals surface area contributed by atoms with Crippen LogP contribution in [0.25, 0.3) is 0 Å². The van der Waals surface area contributed by atoms with Crippen molar-refractivity contribution in [3.8, 4) is 0 Å². The molecule has 0 spiro atoms. The average molecular weight is 306 g/mol. The molecule has 1 aromatic rings. The first-order valence-electron chi connectivity index (χ1n) is 7.99. The molecule has 4 nitrogen and oxygen atoms in total. The second-order valence-corrected chi connectivity index (χ2v) is 6.63. The minimum Gasteiger partial charge on any atom is -0.388 e. The van der Waals surface area contributed by atoms with E-state index in [-0.39, 0.29) is 11.9 Å². The second kappa shape index (κ2) is 5.97. The van der Waals surface area contributed by atoms with Gasteiger partial charge in [0.15, 0.2) is 0 Å². The standard InChI is InChI=1S/C17H23FN2O2/c1-17(22)7-10-20(12-15(17)19-8-2-3-9-19)16(21)13-5-4-6-14(18)11-13/h4-6,11,15,22H,2-3,7-10,12H2,1H3. The Morgan fingerprint density at radius 3 is 2.73 bits per heavy atom. The maximum atomic E-state index is 13.3. The quantitative estimate of drug-likeness (QED) is 0.907. The number of nitrogens with zero attached hydrogens (tertiary/aromatic N) is 2. The number of hydrogen-bond donors (Lipinski definition) is 1. The normalized spacial score (nSPS) is 29.8. The lowest BCUT2D eigenvalue weighted by Crippen LogP contribution is -2.61.